The zero-order valence-electron chi connectivity index (χ0n) is 16.7. The third kappa shape index (κ3) is 6.40. The van der Waals surface area contributed by atoms with Gasteiger partial charge >= 0.3 is 0 Å². The summed E-state index contributed by atoms with van der Waals surface area (Å²) >= 11 is 5.94. The summed E-state index contributed by atoms with van der Waals surface area (Å²) in [7, 11) is -1.25. The maximum atomic E-state index is 13.2. The molecule has 0 unspecified atom stereocenters. The number of benzene rings is 1. The Labute approximate surface area is 174 Å². The molecule has 0 radical (unpaired) electrons. The summed E-state index contributed by atoms with van der Waals surface area (Å²) in [5, 5.41) is 0.620. The maximum Gasteiger partial charge on any atom is 0.218 e. The highest BCUT2D eigenvalue weighted by Crippen LogP contribution is 2.22. The quantitative estimate of drug-likeness (QED) is 0.634. The number of likely N-dealkylation sites (N-methyl/N-ethyl adjacent to an activating group) is 1. The number of ether oxygens (including phenoxy) is 1. The van der Waals surface area contributed by atoms with E-state index in [0.717, 1.165) is 57.5 Å². The third-order valence-corrected chi connectivity index (χ3v) is 7.81. The van der Waals surface area contributed by atoms with Gasteiger partial charge in [0.1, 0.15) is 0 Å². The van der Waals surface area contributed by atoms with Crippen LogP contribution >= 0.6 is 11.6 Å². The van der Waals surface area contributed by atoms with Crippen molar-refractivity contribution in [1.29, 1.82) is 0 Å². The van der Waals surface area contributed by atoms with E-state index in [1.54, 1.807) is 28.6 Å². The topological polar surface area (TPSA) is 53.1 Å². The molecule has 158 valence electrons. The molecule has 28 heavy (non-hydrogen) atoms. The lowest BCUT2D eigenvalue weighted by Gasteiger charge is -2.35. The van der Waals surface area contributed by atoms with E-state index >= 15 is 0 Å². The Kier molecular flexibility index (Phi) is 8.14. The minimum atomic E-state index is -3.39. The van der Waals surface area contributed by atoms with Crippen LogP contribution in [0.2, 0.25) is 5.02 Å². The minimum absolute atomic E-state index is 0.0238. The number of hydrogen-bond acceptors (Lipinski definition) is 5. The number of nitrogens with zero attached hydrogens (tertiary/aromatic N) is 3. The molecular formula is C20H32ClN3O3S. The van der Waals surface area contributed by atoms with Crippen LogP contribution in [-0.4, -0.2) is 88.1 Å². The number of halogens is 1. The lowest BCUT2D eigenvalue weighted by molar-refractivity contribution is 0.0571. The smallest absolute Gasteiger partial charge is 0.218 e. The standard InChI is InChI=1S/C20H32ClN3O3S/c1-22-11-13-23(14-12-22)9-2-10-24(20-7-15-27-16-8-20)28(25,26)17-18-3-5-19(21)6-4-18/h3-6,20H,2,7-17H2,1H3. The highest BCUT2D eigenvalue weighted by molar-refractivity contribution is 7.88. The van der Waals surface area contributed by atoms with Gasteiger partial charge in [0.05, 0.1) is 5.75 Å². The molecule has 8 heteroatoms. The highest BCUT2D eigenvalue weighted by atomic mass is 35.5. The zero-order chi connectivity index (χ0) is 20.0. The van der Waals surface area contributed by atoms with Crippen LogP contribution in [0.4, 0.5) is 0 Å². The predicted octanol–water partition coefficient (Wildman–Crippen LogP) is 2.29. The van der Waals surface area contributed by atoms with Crippen molar-refractivity contribution in [3.63, 3.8) is 0 Å². The molecule has 2 aliphatic heterocycles. The maximum absolute atomic E-state index is 13.2. The van der Waals surface area contributed by atoms with Gasteiger partial charge in [0, 0.05) is 57.0 Å². The lowest BCUT2D eigenvalue weighted by Crippen LogP contribution is -2.47. The van der Waals surface area contributed by atoms with Crippen molar-refractivity contribution >= 4 is 21.6 Å². The lowest BCUT2D eigenvalue weighted by atomic mass is 10.1. The van der Waals surface area contributed by atoms with Crippen LogP contribution in [-0.2, 0) is 20.5 Å². The predicted molar refractivity (Wildman–Crippen MR) is 113 cm³/mol. The molecule has 0 bridgehead atoms. The molecule has 1 aromatic carbocycles. The Bertz CT molecular complexity index is 700. The average Bonchev–Trinajstić information content (AvgIpc) is 2.69. The molecule has 0 aliphatic carbocycles. The SMILES string of the molecule is CN1CCN(CCCN(C2CCOCC2)S(=O)(=O)Cc2ccc(Cl)cc2)CC1. The largest absolute Gasteiger partial charge is 0.381 e. The fourth-order valence-corrected chi connectivity index (χ4v) is 5.90. The van der Waals surface area contributed by atoms with E-state index in [1.807, 2.05) is 0 Å². The molecule has 0 N–H and O–H groups in total. The molecule has 6 nitrogen and oxygen atoms in total. The van der Waals surface area contributed by atoms with E-state index in [4.69, 9.17) is 16.3 Å². The van der Waals surface area contributed by atoms with Crippen LogP contribution in [0.15, 0.2) is 24.3 Å². The van der Waals surface area contributed by atoms with Gasteiger partial charge in [0.25, 0.3) is 0 Å². The molecular weight excluding hydrogens is 398 g/mol. The Balaban J connectivity index is 1.62. The molecule has 2 fully saturated rings. The molecule has 0 atom stereocenters. The van der Waals surface area contributed by atoms with Crippen molar-refractivity contribution in [2.75, 3.05) is 59.5 Å². The van der Waals surface area contributed by atoms with Gasteiger partial charge in [-0.2, -0.15) is 4.31 Å². The van der Waals surface area contributed by atoms with Gasteiger partial charge in [0.2, 0.25) is 10.0 Å². The number of sulfonamides is 1. The van der Waals surface area contributed by atoms with Gasteiger partial charge in [0.15, 0.2) is 0 Å². The van der Waals surface area contributed by atoms with Crippen molar-refractivity contribution in [3.05, 3.63) is 34.9 Å². The fraction of sp³-hybridized carbons (Fsp3) is 0.700. The molecule has 1 aromatic rings. The normalized spacial score (nSPS) is 20.7. The molecule has 0 saturated carbocycles. The molecule has 0 amide bonds. The first-order valence-electron chi connectivity index (χ1n) is 10.2. The van der Waals surface area contributed by atoms with Crippen molar-refractivity contribution in [2.24, 2.45) is 0 Å². The molecule has 2 aliphatic rings. The van der Waals surface area contributed by atoms with E-state index in [2.05, 4.69) is 16.8 Å². The number of hydrogen-bond donors (Lipinski definition) is 0. The molecule has 2 heterocycles. The average molecular weight is 430 g/mol. The Morgan fingerprint density at radius 2 is 1.75 bits per heavy atom. The number of rotatable bonds is 8. The van der Waals surface area contributed by atoms with Crippen LogP contribution in [0.5, 0.6) is 0 Å². The minimum Gasteiger partial charge on any atom is -0.381 e. The van der Waals surface area contributed by atoms with Gasteiger partial charge in [-0.25, -0.2) is 8.42 Å². The summed E-state index contributed by atoms with van der Waals surface area (Å²) in [6.45, 7) is 7.08. The zero-order valence-corrected chi connectivity index (χ0v) is 18.3. The molecule has 0 spiro atoms. The van der Waals surface area contributed by atoms with E-state index < -0.39 is 10.0 Å². The molecule has 0 aromatic heterocycles. The van der Waals surface area contributed by atoms with Gasteiger partial charge < -0.3 is 14.5 Å². The van der Waals surface area contributed by atoms with Crippen LogP contribution < -0.4 is 0 Å². The first-order chi connectivity index (χ1) is 13.4. The van der Waals surface area contributed by atoms with Gasteiger partial charge in [-0.15, -0.1) is 0 Å². The fourth-order valence-electron chi connectivity index (χ4n) is 3.92. The van der Waals surface area contributed by atoms with Gasteiger partial charge in [-0.3, -0.25) is 0 Å². The molecule has 3 rings (SSSR count). The van der Waals surface area contributed by atoms with Gasteiger partial charge in [-0.05, 0) is 50.6 Å². The van der Waals surface area contributed by atoms with Crippen molar-refractivity contribution in [1.82, 2.24) is 14.1 Å². The van der Waals surface area contributed by atoms with Crippen molar-refractivity contribution in [3.8, 4) is 0 Å². The first-order valence-corrected chi connectivity index (χ1v) is 12.2. The van der Waals surface area contributed by atoms with Crippen LogP contribution in [0.25, 0.3) is 0 Å². The van der Waals surface area contributed by atoms with Crippen LogP contribution in [0.3, 0.4) is 0 Å². The summed E-state index contributed by atoms with van der Waals surface area (Å²) in [5.74, 6) is 0.0238. The Hall–Kier alpha value is -0.700. The first kappa shape index (κ1) is 22.0. The van der Waals surface area contributed by atoms with Crippen molar-refractivity contribution in [2.45, 2.75) is 31.1 Å². The summed E-state index contributed by atoms with van der Waals surface area (Å²) in [6.07, 6.45) is 2.41. The number of piperazine rings is 1. The summed E-state index contributed by atoms with van der Waals surface area (Å²) in [5.41, 5.74) is 0.778. The van der Waals surface area contributed by atoms with Crippen molar-refractivity contribution < 1.29 is 13.2 Å². The summed E-state index contributed by atoms with van der Waals surface area (Å²) < 4.78 is 33.7. The second kappa shape index (κ2) is 10.4. The summed E-state index contributed by atoms with van der Waals surface area (Å²) in [6, 6.07) is 7.13. The summed E-state index contributed by atoms with van der Waals surface area (Å²) in [4.78, 5) is 4.77. The third-order valence-electron chi connectivity index (χ3n) is 5.67. The monoisotopic (exact) mass is 429 g/mol. The van der Waals surface area contributed by atoms with Crippen LogP contribution in [0.1, 0.15) is 24.8 Å². The Morgan fingerprint density at radius 1 is 1.11 bits per heavy atom. The van der Waals surface area contributed by atoms with Crippen LogP contribution in [0, 0.1) is 0 Å². The van der Waals surface area contributed by atoms with E-state index in [-0.39, 0.29) is 11.8 Å². The second-order valence-electron chi connectivity index (χ2n) is 7.84. The van der Waals surface area contributed by atoms with E-state index in [1.165, 1.54) is 0 Å². The highest BCUT2D eigenvalue weighted by Gasteiger charge is 2.31. The van der Waals surface area contributed by atoms with E-state index in [0.29, 0.717) is 24.8 Å². The van der Waals surface area contributed by atoms with Gasteiger partial charge in [-0.1, -0.05) is 23.7 Å². The second-order valence-corrected chi connectivity index (χ2v) is 10.2. The van der Waals surface area contributed by atoms with E-state index in [9.17, 15) is 8.42 Å². The Morgan fingerprint density at radius 3 is 2.39 bits per heavy atom. The molecule has 2 saturated heterocycles.